The number of hydrogen-bond donors (Lipinski definition) is 2. The summed E-state index contributed by atoms with van der Waals surface area (Å²) in [5.41, 5.74) is 0.781. The van der Waals surface area contributed by atoms with Crippen molar-refractivity contribution in [2.45, 2.75) is 17.9 Å². The average Bonchev–Trinajstić information content (AvgIpc) is 3.11. The fourth-order valence-corrected chi connectivity index (χ4v) is 3.94. The highest BCUT2D eigenvalue weighted by Gasteiger charge is 2.13. The summed E-state index contributed by atoms with van der Waals surface area (Å²) < 4.78 is 26.4. The molecule has 0 amide bonds. The maximum Gasteiger partial charge on any atom is 0.191 e. The van der Waals surface area contributed by atoms with E-state index >= 15 is 0 Å². The molecular formula is C18H22N6O2S. The van der Waals surface area contributed by atoms with Crippen molar-refractivity contribution in [2.75, 3.05) is 19.3 Å². The van der Waals surface area contributed by atoms with E-state index in [9.17, 15) is 8.42 Å². The first-order valence-electron chi connectivity index (χ1n) is 8.61. The summed E-state index contributed by atoms with van der Waals surface area (Å²) in [6.07, 6.45) is 2.38. The third kappa shape index (κ3) is 4.82. The summed E-state index contributed by atoms with van der Waals surface area (Å²) in [5, 5.41) is 14.5. The minimum Gasteiger partial charge on any atom is -0.356 e. The smallest absolute Gasteiger partial charge is 0.191 e. The van der Waals surface area contributed by atoms with Crippen molar-refractivity contribution < 1.29 is 8.42 Å². The lowest BCUT2D eigenvalue weighted by Gasteiger charge is -2.11. The molecule has 1 aromatic carbocycles. The predicted molar refractivity (Wildman–Crippen MR) is 104 cm³/mol. The second-order valence-corrected chi connectivity index (χ2v) is 7.99. The van der Waals surface area contributed by atoms with E-state index in [-0.39, 0.29) is 5.75 Å². The van der Waals surface area contributed by atoms with Gasteiger partial charge in [0.1, 0.15) is 0 Å². The Hall–Kier alpha value is -2.94. The number of nitrogens with one attached hydrogen (secondary N) is 2. The number of benzene rings is 1. The van der Waals surface area contributed by atoms with Crippen LogP contribution in [-0.2, 0) is 16.4 Å². The molecule has 0 unspecified atom stereocenters. The second-order valence-electron chi connectivity index (χ2n) is 5.88. The summed E-state index contributed by atoms with van der Waals surface area (Å²) in [4.78, 5) is 4.50. The van der Waals surface area contributed by atoms with Crippen LogP contribution in [0.25, 0.3) is 5.65 Å². The van der Waals surface area contributed by atoms with E-state index in [0.717, 1.165) is 11.5 Å². The molecule has 9 heteroatoms. The summed E-state index contributed by atoms with van der Waals surface area (Å²) >= 11 is 0. The number of rotatable bonds is 7. The molecule has 0 aliphatic rings. The number of guanidine groups is 1. The van der Waals surface area contributed by atoms with Gasteiger partial charge in [-0.05, 0) is 30.7 Å². The molecule has 0 aliphatic carbocycles. The van der Waals surface area contributed by atoms with E-state index in [1.807, 2.05) is 28.8 Å². The molecular weight excluding hydrogens is 364 g/mol. The van der Waals surface area contributed by atoms with E-state index in [1.165, 1.54) is 0 Å². The molecule has 8 nitrogen and oxygen atoms in total. The zero-order valence-electron chi connectivity index (χ0n) is 15.0. The van der Waals surface area contributed by atoms with Crippen LogP contribution >= 0.6 is 0 Å². The fourth-order valence-electron chi connectivity index (χ4n) is 2.61. The Labute approximate surface area is 158 Å². The highest BCUT2D eigenvalue weighted by atomic mass is 32.2. The third-order valence-corrected chi connectivity index (χ3v) is 5.82. The number of aliphatic imine (C=N–C) groups is 1. The summed E-state index contributed by atoms with van der Waals surface area (Å²) in [5.74, 6) is 1.43. The van der Waals surface area contributed by atoms with Crippen LogP contribution < -0.4 is 10.6 Å². The molecule has 0 spiro atoms. The van der Waals surface area contributed by atoms with Crippen LogP contribution in [0.3, 0.4) is 0 Å². The van der Waals surface area contributed by atoms with Gasteiger partial charge >= 0.3 is 0 Å². The van der Waals surface area contributed by atoms with Crippen LogP contribution in [0.15, 0.2) is 64.6 Å². The van der Waals surface area contributed by atoms with Crippen LogP contribution in [0.4, 0.5) is 0 Å². The maximum absolute atomic E-state index is 12.3. The topological polar surface area (TPSA) is 101 Å². The SMILES string of the molecule is CN=C(NCCCS(=O)(=O)c1ccccc1)NCc1nnc2ccccn12. The van der Waals surface area contributed by atoms with Gasteiger partial charge in [0.25, 0.3) is 0 Å². The van der Waals surface area contributed by atoms with Crippen molar-refractivity contribution in [2.24, 2.45) is 4.99 Å². The van der Waals surface area contributed by atoms with Gasteiger partial charge in [-0.3, -0.25) is 9.39 Å². The van der Waals surface area contributed by atoms with Crippen LogP contribution in [0.5, 0.6) is 0 Å². The minimum atomic E-state index is -3.26. The standard InChI is InChI=1S/C18H22N6O2S/c1-19-18(21-14-17-23-22-16-10-5-6-12-24(16)17)20-11-7-13-27(25,26)15-8-3-2-4-9-15/h2-6,8-10,12H,7,11,13-14H2,1H3,(H2,19,20,21). The van der Waals surface area contributed by atoms with Crippen LogP contribution in [-0.4, -0.2) is 48.3 Å². The first-order valence-corrected chi connectivity index (χ1v) is 10.3. The van der Waals surface area contributed by atoms with Gasteiger partial charge < -0.3 is 10.6 Å². The molecule has 0 aliphatic heterocycles. The second kappa shape index (κ2) is 8.63. The summed E-state index contributed by atoms with van der Waals surface area (Å²) in [6.45, 7) is 0.944. The lowest BCUT2D eigenvalue weighted by molar-refractivity contribution is 0.592. The monoisotopic (exact) mass is 386 g/mol. The molecule has 2 N–H and O–H groups in total. The molecule has 0 saturated heterocycles. The van der Waals surface area contributed by atoms with E-state index in [2.05, 4.69) is 25.8 Å². The molecule has 3 rings (SSSR count). The molecule has 0 bridgehead atoms. The van der Waals surface area contributed by atoms with Crippen molar-refractivity contribution in [3.8, 4) is 0 Å². The highest BCUT2D eigenvalue weighted by Crippen LogP contribution is 2.10. The molecule has 3 aromatic rings. The first-order chi connectivity index (χ1) is 13.1. The molecule has 0 fully saturated rings. The van der Waals surface area contributed by atoms with Crippen molar-refractivity contribution in [3.63, 3.8) is 0 Å². The number of hydrogen-bond acceptors (Lipinski definition) is 5. The summed E-state index contributed by atoms with van der Waals surface area (Å²) in [6, 6.07) is 14.2. The van der Waals surface area contributed by atoms with Crippen LogP contribution in [0, 0.1) is 0 Å². The molecule has 0 saturated carbocycles. The number of aromatic nitrogens is 3. The Bertz CT molecular complexity index is 1010. The van der Waals surface area contributed by atoms with Gasteiger partial charge in [-0.15, -0.1) is 10.2 Å². The Kier molecular flexibility index (Phi) is 6.02. The normalized spacial score (nSPS) is 12.3. The molecule has 2 heterocycles. The summed E-state index contributed by atoms with van der Waals surface area (Å²) in [7, 11) is -1.59. The van der Waals surface area contributed by atoms with Gasteiger partial charge in [0.15, 0.2) is 27.3 Å². The average molecular weight is 386 g/mol. The van der Waals surface area contributed by atoms with E-state index in [1.54, 1.807) is 37.4 Å². The Morgan fingerprint density at radius 1 is 1.07 bits per heavy atom. The minimum absolute atomic E-state index is 0.0792. The van der Waals surface area contributed by atoms with Crippen molar-refractivity contribution >= 4 is 21.4 Å². The van der Waals surface area contributed by atoms with E-state index < -0.39 is 9.84 Å². The maximum atomic E-state index is 12.3. The Morgan fingerprint density at radius 3 is 2.63 bits per heavy atom. The van der Waals surface area contributed by atoms with Gasteiger partial charge in [-0.1, -0.05) is 24.3 Å². The van der Waals surface area contributed by atoms with Crippen molar-refractivity contribution in [1.29, 1.82) is 0 Å². The number of fused-ring (bicyclic) bond motifs is 1. The molecule has 2 aromatic heterocycles. The van der Waals surface area contributed by atoms with Crippen LogP contribution in [0.2, 0.25) is 0 Å². The van der Waals surface area contributed by atoms with Crippen LogP contribution in [0.1, 0.15) is 12.2 Å². The molecule has 0 radical (unpaired) electrons. The van der Waals surface area contributed by atoms with Gasteiger partial charge in [0.2, 0.25) is 0 Å². The Balaban J connectivity index is 1.47. The van der Waals surface area contributed by atoms with E-state index in [0.29, 0.717) is 30.4 Å². The first kappa shape index (κ1) is 18.8. The molecule has 0 atom stereocenters. The third-order valence-electron chi connectivity index (χ3n) is 4.01. The number of sulfone groups is 1. The van der Waals surface area contributed by atoms with Crippen molar-refractivity contribution in [3.05, 3.63) is 60.6 Å². The lowest BCUT2D eigenvalue weighted by Crippen LogP contribution is -2.38. The zero-order chi connectivity index (χ0) is 19.1. The van der Waals surface area contributed by atoms with Gasteiger partial charge in [-0.2, -0.15) is 0 Å². The highest BCUT2D eigenvalue weighted by molar-refractivity contribution is 7.91. The fraction of sp³-hybridized carbons (Fsp3) is 0.278. The number of pyridine rings is 1. The van der Waals surface area contributed by atoms with E-state index in [4.69, 9.17) is 0 Å². The predicted octanol–water partition coefficient (Wildman–Crippen LogP) is 1.26. The van der Waals surface area contributed by atoms with Gasteiger partial charge in [0.05, 0.1) is 17.2 Å². The number of nitrogens with zero attached hydrogens (tertiary/aromatic N) is 4. The largest absolute Gasteiger partial charge is 0.356 e. The van der Waals surface area contributed by atoms with Gasteiger partial charge in [-0.25, -0.2) is 8.42 Å². The Morgan fingerprint density at radius 2 is 1.85 bits per heavy atom. The van der Waals surface area contributed by atoms with Crippen molar-refractivity contribution in [1.82, 2.24) is 25.2 Å². The zero-order valence-corrected chi connectivity index (χ0v) is 15.9. The quantitative estimate of drug-likeness (QED) is 0.360. The lowest BCUT2D eigenvalue weighted by atomic mass is 10.4. The molecule has 142 valence electrons. The molecule has 27 heavy (non-hydrogen) atoms. The van der Waals surface area contributed by atoms with Gasteiger partial charge in [0, 0.05) is 19.8 Å².